The van der Waals surface area contributed by atoms with Crippen molar-refractivity contribution in [1.82, 2.24) is 14.9 Å². The molecule has 1 N–H and O–H groups in total. The first-order valence-corrected chi connectivity index (χ1v) is 7.24. The van der Waals surface area contributed by atoms with Gasteiger partial charge in [0.1, 0.15) is 5.75 Å². The van der Waals surface area contributed by atoms with E-state index in [1.807, 2.05) is 35.0 Å². The normalized spacial score (nSPS) is 9.90. The Morgan fingerprint density at radius 3 is 3.19 bits per heavy atom. The summed E-state index contributed by atoms with van der Waals surface area (Å²) < 4.78 is 7.12. The minimum atomic E-state index is -0.113. The van der Waals surface area contributed by atoms with Crippen molar-refractivity contribution in [3.8, 4) is 23.8 Å². The van der Waals surface area contributed by atoms with Crippen LogP contribution in [0, 0.1) is 12.3 Å². The summed E-state index contributed by atoms with van der Waals surface area (Å²) in [6.07, 6.45) is 8.63. The molecule has 0 saturated heterocycles. The number of amides is 1. The molecule has 1 aromatic heterocycles. The smallest absolute Gasteiger partial charge is 0.231 e. The number of aromatic nitrogens is 2. The van der Waals surface area contributed by atoms with Crippen molar-refractivity contribution in [3.05, 3.63) is 36.7 Å². The molecule has 1 amide bonds. The molecular weight excluding hydrogens is 286 g/mol. The number of thioether (sulfide) groups is 1. The second-order valence-electron chi connectivity index (χ2n) is 4.05. The summed E-state index contributed by atoms with van der Waals surface area (Å²) in [6, 6.07) is 7.64. The lowest BCUT2D eigenvalue weighted by atomic mass is 10.3. The summed E-state index contributed by atoms with van der Waals surface area (Å²) in [5, 5.41) is 3.35. The average Bonchev–Trinajstić information content (AvgIpc) is 2.99. The Morgan fingerprint density at radius 1 is 1.57 bits per heavy atom. The molecule has 0 atom stereocenters. The molecule has 0 bridgehead atoms. The van der Waals surface area contributed by atoms with E-state index < -0.39 is 0 Å². The lowest BCUT2D eigenvalue weighted by Gasteiger charge is -2.08. The van der Waals surface area contributed by atoms with Gasteiger partial charge < -0.3 is 10.1 Å². The van der Waals surface area contributed by atoms with E-state index in [-0.39, 0.29) is 18.2 Å². The van der Waals surface area contributed by atoms with E-state index in [9.17, 15) is 4.79 Å². The van der Waals surface area contributed by atoms with Gasteiger partial charge in [0, 0.05) is 18.5 Å². The summed E-state index contributed by atoms with van der Waals surface area (Å²) in [5.41, 5.74) is 0.929. The standard InChI is InChI=1S/C15H15N3O2S/c1-3-7-16-14(19)11-21-15-17-8-9-18(15)12-5-4-6-13(10-12)20-2/h1,4-6,8-10H,7,11H2,2H3,(H,16,19). The molecule has 2 aromatic rings. The van der Waals surface area contributed by atoms with Crippen LogP contribution in [-0.2, 0) is 4.79 Å². The molecular formula is C15H15N3O2S. The third-order valence-corrected chi connectivity index (χ3v) is 3.63. The summed E-state index contributed by atoms with van der Waals surface area (Å²) in [4.78, 5) is 15.8. The van der Waals surface area contributed by atoms with Gasteiger partial charge in [-0.1, -0.05) is 23.7 Å². The zero-order valence-electron chi connectivity index (χ0n) is 11.6. The number of nitrogens with one attached hydrogen (secondary N) is 1. The molecule has 0 aliphatic rings. The fraction of sp³-hybridized carbons (Fsp3) is 0.200. The van der Waals surface area contributed by atoms with Gasteiger partial charge in [0.25, 0.3) is 0 Å². The molecule has 6 heteroatoms. The Labute approximate surface area is 127 Å². The number of carbonyl (C=O) groups is 1. The summed E-state index contributed by atoms with van der Waals surface area (Å²) in [5.74, 6) is 3.29. The lowest BCUT2D eigenvalue weighted by Crippen LogP contribution is -2.25. The molecule has 0 radical (unpaired) electrons. The molecule has 108 valence electrons. The van der Waals surface area contributed by atoms with Gasteiger partial charge in [0.05, 0.1) is 25.1 Å². The van der Waals surface area contributed by atoms with Crippen LogP contribution in [0.25, 0.3) is 5.69 Å². The van der Waals surface area contributed by atoms with Crippen molar-refractivity contribution in [1.29, 1.82) is 0 Å². The van der Waals surface area contributed by atoms with Crippen molar-refractivity contribution in [2.75, 3.05) is 19.4 Å². The van der Waals surface area contributed by atoms with Crippen LogP contribution in [0.5, 0.6) is 5.75 Å². The highest BCUT2D eigenvalue weighted by Gasteiger charge is 2.09. The van der Waals surface area contributed by atoms with Gasteiger partial charge in [-0.05, 0) is 12.1 Å². The van der Waals surface area contributed by atoms with Crippen molar-refractivity contribution in [2.24, 2.45) is 0 Å². The van der Waals surface area contributed by atoms with Crippen LogP contribution in [0.4, 0.5) is 0 Å². The molecule has 0 fully saturated rings. The number of carbonyl (C=O) groups excluding carboxylic acids is 1. The average molecular weight is 301 g/mol. The van der Waals surface area contributed by atoms with Crippen LogP contribution in [0.3, 0.4) is 0 Å². The number of hydrogen-bond acceptors (Lipinski definition) is 4. The minimum Gasteiger partial charge on any atom is -0.497 e. The third kappa shape index (κ3) is 4.04. The van der Waals surface area contributed by atoms with Crippen LogP contribution < -0.4 is 10.1 Å². The topological polar surface area (TPSA) is 56.2 Å². The van der Waals surface area contributed by atoms with Crippen LogP contribution in [0.15, 0.2) is 41.8 Å². The fourth-order valence-electron chi connectivity index (χ4n) is 1.68. The first-order valence-electron chi connectivity index (χ1n) is 6.25. The Hall–Kier alpha value is -2.39. The van der Waals surface area contributed by atoms with Gasteiger partial charge in [-0.2, -0.15) is 0 Å². The van der Waals surface area contributed by atoms with Gasteiger partial charge in [-0.25, -0.2) is 4.98 Å². The highest BCUT2D eigenvalue weighted by Crippen LogP contribution is 2.22. The van der Waals surface area contributed by atoms with Gasteiger partial charge >= 0.3 is 0 Å². The number of methoxy groups -OCH3 is 1. The Kier molecular flexibility index (Phi) is 5.29. The Balaban J connectivity index is 2.08. The predicted octanol–water partition coefficient (Wildman–Crippen LogP) is 1.72. The van der Waals surface area contributed by atoms with E-state index in [2.05, 4.69) is 16.2 Å². The van der Waals surface area contributed by atoms with Crippen molar-refractivity contribution < 1.29 is 9.53 Å². The molecule has 0 saturated carbocycles. The monoisotopic (exact) mass is 301 g/mol. The summed E-state index contributed by atoms with van der Waals surface area (Å²) in [6.45, 7) is 0.240. The van der Waals surface area contributed by atoms with E-state index >= 15 is 0 Å². The van der Waals surface area contributed by atoms with Gasteiger partial charge in [-0.3, -0.25) is 9.36 Å². The van der Waals surface area contributed by atoms with Crippen LogP contribution in [0.2, 0.25) is 0 Å². The molecule has 1 aromatic carbocycles. The number of benzene rings is 1. The molecule has 0 unspecified atom stereocenters. The van der Waals surface area contributed by atoms with Crippen molar-refractivity contribution in [3.63, 3.8) is 0 Å². The Morgan fingerprint density at radius 2 is 2.43 bits per heavy atom. The zero-order chi connectivity index (χ0) is 15.1. The summed E-state index contributed by atoms with van der Waals surface area (Å²) in [7, 11) is 1.62. The number of terminal acetylenes is 1. The van der Waals surface area contributed by atoms with Crippen molar-refractivity contribution >= 4 is 17.7 Å². The third-order valence-electron chi connectivity index (χ3n) is 2.66. The number of imidazole rings is 1. The van der Waals surface area contributed by atoms with Gasteiger partial charge in [-0.15, -0.1) is 6.42 Å². The lowest BCUT2D eigenvalue weighted by molar-refractivity contribution is -0.118. The molecule has 5 nitrogen and oxygen atoms in total. The predicted molar refractivity (Wildman–Crippen MR) is 82.7 cm³/mol. The maximum atomic E-state index is 11.6. The first-order chi connectivity index (χ1) is 10.2. The molecule has 1 heterocycles. The maximum absolute atomic E-state index is 11.6. The van der Waals surface area contributed by atoms with Crippen molar-refractivity contribution in [2.45, 2.75) is 5.16 Å². The highest BCUT2D eigenvalue weighted by atomic mass is 32.2. The van der Waals surface area contributed by atoms with Gasteiger partial charge in [0.2, 0.25) is 5.91 Å². The van der Waals surface area contributed by atoms with E-state index in [1.54, 1.807) is 13.3 Å². The molecule has 0 spiro atoms. The van der Waals surface area contributed by atoms with Gasteiger partial charge in [0.15, 0.2) is 5.16 Å². The first kappa shape index (κ1) is 15.0. The van der Waals surface area contributed by atoms with Crippen LogP contribution in [-0.4, -0.2) is 34.9 Å². The largest absolute Gasteiger partial charge is 0.497 e. The maximum Gasteiger partial charge on any atom is 0.231 e. The number of hydrogen-bond donors (Lipinski definition) is 1. The van der Waals surface area contributed by atoms with E-state index in [0.29, 0.717) is 0 Å². The second kappa shape index (κ2) is 7.41. The second-order valence-corrected chi connectivity index (χ2v) is 4.99. The molecule has 21 heavy (non-hydrogen) atoms. The SMILES string of the molecule is C#CCNC(=O)CSc1nccn1-c1cccc(OC)c1. The van der Waals surface area contributed by atoms with E-state index in [4.69, 9.17) is 11.2 Å². The quantitative estimate of drug-likeness (QED) is 0.652. The summed E-state index contributed by atoms with van der Waals surface area (Å²) >= 11 is 1.35. The zero-order valence-corrected chi connectivity index (χ0v) is 12.4. The van der Waals surface area contributed by atoms with E-state index in [0.717, 1.165) is 16.6 Å². The van der Waals surface area contributed by atoms with E-state index in [1.165, 1.54) is 11.8 Å². The molecule has 0 aliphatic carbocycles. The minimum absolute atomic E-state index is 0.113. The number of nitrogens with zero attached hydrogens (tertiary/aromatic N) is 2. The molecule has 2 rings (SSSR count). The Bertz CT molecular complexity index is 661. The fourth-order valence-corrected chi connectivity index (χ4v) is 2.49. The number of rotatable bonds is 6. The van der Waals surface area contributed by atoms with Crippen LogP contribution in [0.1, 0.15) is 0 Å². The highest BCUT2D eigenvalue weighted by molar-refractivity contribution is 7.99. The number of ether oxygens (including phenoxy) is 1. The van der Waals surface area contributed by atoms with Crippen LogP contribution >= 0.6 is 11.8 Å². The molecule has 0 aliphatic heterocycles.